The van der Waals surface area contributed by atoms with Crippen LogP contribution in [0.4, 0.5) is 0 Å². The average Bonchev–Trinajstić information content (AvgIpc) is 3.00. The maximum Gasteiger partial charge on any atom is 0.250 e. The molecule has 5 atom stereocenters. The summed E-state index contributed by atoms with van der Waals surface area (Å²) in [6.07, 6.45) is 5.75. The van der Waals surface area contributed by atoms with Gasteiger partial charge in [-0.2, -0.15) is 5.26 Å². The van der Waals surface area contributed by atoms with E-state index in [2.05, 4.69) is 31.8 Å². The van der Waals surface area contributed by atoms with Gasteiger partial charge in [0.15, 0.2) is 14.6 Å². The Hall–Kier alpha value is -1.49. The van der Waals surface area contributed by atoms with Crippen molar-refractivity contribution in [2.75, 3.05) is 20.4 Å². The Morgan fingerprint density at radius 3 is 2.83 bits per heavy atom. The molecule has 0 bridgehead atoms. The summed E-state index contributed by atoms with van der Waals surface area (Å²) in [7, 11) is 0.422. The molecule has 1 fully saturated rings. The van der Waals surface area contributed by atoms with E-state index >= 15 is 0 Å². The molecule has 1 saturated heterocycles. The van der Waals surface area contributed by atoms with Crippen molar-refractivity contribution >= 4 is 14.3 Å². The van der Waals surface area contributed by atoms with Crippen molar-refractivity contribution in [2.24, 2.45) is 0 Å². The molecule has 2 aliphatic rings. The SMILES string of the molecule is C=C1NC(=O)C=CN1[C@@H]1O[C@@](CC)(CCCC)[C@H](OP(C)OCCC#N)C1OC. The van der Waals surface area contributed by atoms with Gasteiger partial charge in [0.1, 0.15) is 18.0 Å². The van der Waals surface area contributed by atoms with Gasteiger partial charge in [-0.05, 0) is 12.8 Å². The molecule has 0 aliphatic carbocycles. The number of nitrogens with zero attached hydrogens (tertiary/aromatic N) is 2. The van der Waals surface area contributed by atoms with Crippen LogP contribution in [0.25, 0.3) is 0 Å². The van der Waals surface area contributed by atoms with Crippen LogP contribution in [0.1, 0.15) is 46.0 Å². The first-order valence-electron chi connectivity index (χ1n) is 9.99. The number of carbonyl (C=O) groups excluding carboxylic acids is 1. The highest BCUT2D eigenvalue weighted by atomic mass is 31.2. The lowest BCUT2D eigenvalue weighted by Gasteiger charge is -2.35. The number of nitrogens with one attached hydrogen (secondary N) is 1. The summed E-state index contributed by atoms with van der Waals surface area (Å²) < 4.78 is 24.5. The maximum absolute atomic E-state index is 11.6. The van der Waals surface area contributed by atoms with Crippen molar-refractivity contribution < 1.29 is 23.3 Å². The molecule has 162 valence electrons. The molecular formula is C20H32N3O5P. The third-order valence-electron chi connectivity index (χ3n) is 5.27. The summed E-state index contributed by atoms with van der Waals surface area (Å²) in [5.74, 6) is 0.219. The van der Waals surface area contributed by atoms with Crippen molar-refractivity contribution in [1.82, 2.24) is 10.2 Å². The molecule has 0 aromatic carbocycles. The molecule has 2 heterocycles. The van der Waals surface area contributed by atoms with Crippen molar-refractivity contribution in [3.05, 3.63) is 24.7 Å². The molecule has 0 spiro atoms. The summed E-state index contributed by atoms with van der Waals surface area (Å²) in [6.45, 7) is 10.4. The predicted molar refractivity (Wildman–Crippen MR) is 110 cm³/mol. The molecule has 2 rings (SSSR count). The number of unbranched alkanes of at least 4 members (excludes halogenated alkanes) is 1. The molecule has 1 amide bonds. The van der Waals surface area contributed by atoms with Crippen molar-refractivity contribution in [1.29, 1.82) is 5.26 Å². The largest absolute Gasteiger partial charge is 0.374 e. The van der Waals surface area contributed by atoms with Gasteiger partial charge in [-0.25, -0.2) is 0 Å². The summed E-state index contributed by atoms with van der Waals surface area (Å²) >= 11 is 0. The molecule has 0 aromatic rings. The van der Waals surface area contributed by atoms with Crippen LogP contribution in [0.5, 0.6) is 0 Å². The van der Waals surface area contributed by atoms with Crippen LogP contribution in [0.2, 0.25) is 0 Å². The van der Waals surface area contributed by atoms with Gasteiger partial charge in [0.25, 0.3) is 5.91 Å². The normalized spacial score (nSPS) is 30.3. The zero-order valence-electron chi connectivity index (χ0n) is 17.7. The number of methoxy groups -OCH3 is 1. The smallest absolute Gasteiger partial charge is 0.250 e. The van der Waals surface area contributed by atoms with E-state index in [1.54, 1.807) is 18.2 Å². The van der Waals surface area contributed by atoms with E-state index in [1.807, 2.05) is 6.66 Å². The zero-order chi connectivity index (χ0) is 21.4. The molecule has 1 N–H and O–H groups in total. The van der Waals surface area contributed by atoms with Crippen molar-refractivity contribution in [2.45, 2.75) is 70.0 Å². The van der Waals surface area contributed by atoms with Gasteiger partial charge >= 0.3 is 0 Å². The van der Waals surface area contributed by atoms with Crippen LogP contribution in [0.15, 0.2) is 24.7 Å². The molecule has 0 radical (unpaired) electrons. The molecule has 2 unspecified atom stereocenters. The number of carbonyl (C=O) groups is 1. The Morgan fingerprint density at radius 2 is 2.24 bits per heavy atom. The molecule has 29 heavy (non-hydrogen) atoms. The fourth-order valence-electron chi connectivity index (χ4n) is 3.71. The van der Waals surface area contributed by atoms with Crippen molar-refractivity contribution in [3.8, 4) is 6.07 Å². The number of rotatable bonds is 11. The van der Waals surface area contributed by atoms with E-state index in [1.165, 1.54) is 6.08 Å². The minimum absolute atomic E-state index is 0.221. The topological polar surface area (TPSA) is 93.1 Å². The standard InChI is InChI=1S/C20H32N3O5P/c1-6-8-11-20(7-2)18(28-29(5)26-14-9-12-21)17(25-4)19(27-20)23-13-10-16(24)22-15(23)3/h10,13,17-19H,3,6-9,11,14H2,1-2,4-5H3,(H,22,24)/t17?,18-,19-,20+,29?/m1/s1. The Balaban J connectivity index is 2.29. The summed E-state index contributed by atoms with van der Waals surface area (Å²) in [6, 6.07) is 2.07. The minimum atomic E-state index is -1.21. The summed E-state index contributed by atoms with van der Waals surface area (Å²) in [4.78, 5) is 13.4. The highest BCUT2D eigenvalue weighted by Gasteiger charge is 2.57. The van der Waals surface area contributed by atoms with E-state index in [9.17, 15) is 4.79 Å². The third kappa shape index (κ3) is 5.56. The number of ether oxygens (including phenoxy) is 2. The maximum atomic E-state index is 11.6. The van der Waals surface area contributed by atoms with E-state index in [0.717, 1.165) is 25.7 Å². The number of hydrogen-bond acceptors (Lipinski definition) is 7. The third-order valence-corrected chi connectivity index (χ3v) is 6.34. The molecule has 8 nitrogen and oxygen atoms in total. The number of nitriles is 1. The van der Waals surface area contributed by atoms with Gasteiger partial charge in [-0.1, -0.05) is 33.3 Å². The quantitative estimate of drug-likeness (QED) is 0.401. The Labute approximate surface area is 174 Å². The molecular weight excluding hydrogens is 393 g/mol. The molecule has 2 aliphatic heterocycles. The van der Waals surface area contributed by atoms with E-state index in [0.29, 0.717) is 18.8 Å². The lowest BCUT2D eigenvalue weighted by Crippen LogP contribution is -2.47. The lowest BCUT2D eigenvalue weighted by atomic mass is 9.87. The molecule has 0 aromatic heterocycles. The van der Waals surface area contributed by atoms with Gasteiger partial charge < -0.3 is 28.7 Å². The first-order valence-corrected chi connectivity index (χ1v) is 11.6. The average molecular weight is 425 g/mol. The fraction of sp³-hybridized carbons (Fsp3) is 0.700. The second-order valence-electron chi connectivity index (χ2n) is 7.10. The lowest BCUT2D eigenvalue weighted by molar-refractivity contribution is -0.126. The monoisotopic (exact) mass is 425 g/mol. The highest BCUT2D eigenvalue weighted by molar-refractivity contribution is 7.46. The van der Waals surface area contributed by atoms with Crippen LogP contribution >= 0.6 is 8.38 Å². The second-order valence-corrected chi connectivity index (χ2v) is 8.44. The van der Waals surface area contributed by atoms with Crippen LogP contribution in [-0.4, -0.2) is 55.2 Å². The molecule has 9 heteroatoms. The highest BCUT2D eigenvalue weighted by Crippen LogP contribution is 2.48. The second kappa shape index (κ2) is 11.1. The first-order chi connectivity index (χ1) is 13.9. The van der Waals surface area contributed by atoms with Crippen LogP contribution in [0.3, 0.4) is 0 Å². The Morgan fingerprint density at radius 1 is 1.48 bits per heavy atom. The van der Waals surface area contributed by atoms with Gasteiger partial charge in [0, 0.05) is 26.1 Å². The molecule has 0 saturated carbocycles. The van der Waals surface area contributed by atoms with Gasteiger partial charge in [0.2, 0.25) is 0 Å². The van der Waals surface area contributed by atoms with Crippen LogP contribution in [-0.2, 0) is 23.3 Å². The first kappa shape index (κ1) is 23.8. The van der Waals surface area contributed by atoms with Crippen molar-refractivity contribution in [3.63, 3.8) is 0 Å². The minimum Gasteiger partial charge on any atom is -0.374 e. The predicted octanol–water partition coefficient (Wildman–Crippen LogP) is 3.37. The van der Waals surface area contributed by atoms with Crippen LogP contribution in [0, 0.1) is 11.3 Å². The van der Waals surface area contributed by atoms with Gasteiger partial charge in [-0.3, -0.25) is 4.79 Å². The Kier molecular flexibility index (Phi) is 9.06. The van der Waals surface area contributed by atoms with Gasteiger partial charge in [-0.15, -0.1) is 0 Å². The Bertz CT molecular complexity index is 653. The fourth-order valence-corrected chi connectivity index (χ4v) is 4.75. The summed E-state index contributed by atoms with van der Waals surface area (Å²) in [5.41, 5.74) is -0.549. The van der Waals surface area contributed by atoms with Gasteiger partial charge in [0.05, 0.1) is 24.7 Å². The zero-order valence-corrected chi connectivity index (χ0v) is 18.6. The van der Waals surface area contributed by atoms with E-state index < -0.39 is 26.3 Å². The number of amides is 1. The van der Waals surface area contributed by atoms with E-state index in [4.69, 9.17) is 23.8 Å². The van der Waals surface area contributed by atoms with Crippen LogP contribution < -0.4 is 5.32 Å². The summed E-state index contributed by atoms with van der Waals surface area (Å²) in [5, 5.41) is 11.4. The van der Waals surface area contributed by atoms with E-state index in [-0.39, 0.29) is 12.0 Å². The number of hydrogen-bond donors (Lipinski definition) is 1.